The lowest BCUT2D eigenvalue weighted by atomic mass is 10.2. The summed E-state index contributed by atoms with van der Waals surface area (Å²) in [6.07, 6.45) is 7.88. The van der Waals surface area contributed by atoms with Crippen molar-refractivity contribution in [2.24, 2.45) is 0 Å². The van der Waals surface area contributed by atoms with Crippen LogP contribution in [0.25, 0.3) is 6.08 Å². The first-order valence-corrected chi connectivity index (χ1v) is 5.51. The smallest absolute Gasteiger partial charge is 0.328 e. The molecule has 3 nitrogen and oxygen atoms in total. The third-order valence-electron chi connectivity index (χ3n) is 2.15. The summed E-state index contributed by atoms with van der Waals surface area (Å²) in [6.45, 7) is 0.113. The fourth-order valence-corrected chi connectivity index (χ4v) is 1.33. The van der Waals surface area contributed by atoms with Crippen LogP contribution in [0.1, 0.15) is 18.4 Å². The Morgan fingerprint density at radius 2 is 2.05 bits per heavy atom. The predicted octanol–water partition coefficient (Wildman–Crippen LogP) is 2.85. The second-order valence-corrected chi connectivity index (χ2v) is 3.64. The molecule has 0 amide bonds. The van der Waals surface area contributed by atoms with Crippen molar-refractivity contribution in [2.45, 2.75) is 12.8 Å². The Hall–Kier alpha value is -2.35. The molecule has 0 aromatic heterocycles. The van der Waals surface area contributed by atoms with Gasteiger partial charge in [0.2, 0.25) is 0 Å². The van der Waals surface area contributed by atoms with Crippen LogP contribution in [-0.4, -0.2) is 17.7 Å². The molecule has 0 bridgehead atoms. The van der Waals surface area contributed by atoms with Gasteiger partial charge in [0.25, 0.3) is 0 Å². The molecular formula is C14H12F2O3. The summed E-state index contributed by atoms with van der Waals surface area (Å²) < 4.78 is 32.1. The van der Waals surface area contributed by atoms with Crippen molar-refractivity contribution < 1.29 is 23.4 Å². The maximum atomic E-state index is 13.6. The monoisotopic (exact) mass is 266 g/mol. The SMILES string of the molecule is C#CCCCOc1c(F)cc(/C=C/C(=O)O)cc1F. The number of rotatable bonds is 6. The Kier molecular flexibility index (Phi) is 5.55. The Morgan fingerprint density at radius 3 is 2.58 bits per heavy atom. The minimum atomic E-state index is -1.20. The largest absolute Gasteiger partial charge is 0.488 e. The number of benzene rings is 1. The number of hydrogen-bond acceptors (Lipinski definition) is 2. The van der Waals surface area contributed by atoms with Gasteiger partial charge in [-0.25, -0.2) is 13.6 Å². The second-order valence-electron chi connectivity index (χ2n) is 3.64. The first-order chi connectivity index (χ1) is 9.04. The number of aliphatic carboxylic acids is 1. The maximum absolute atomic E-state index is 13.6. The molecule has 1 aromatic rings. The number of carbonyl (C=O) groups is 1. The third-order valence-corrected chi connectivity index (χ3v) is 2.15. The number of hydrogen-bond donors (Lipinski definition) is 1. The fourth-order valence-electron chi connectivity index (χ4n) is 1.33. The molecule has 0 atom stereocenters. The zero-order valence-electron chi connectivity index (χ0n) is 10.0. The van der Waals surface area contributed by atoms with Crippen molar-refractivity contribution in [3.05, 3.63) is 35.4 Å². The average molecular weight is 266 g/mol. The lowest BCUT2D eigenvalue weighted by Crippen LogP contribution is -2.01. The van der Waals surface area contributed by atoms with Crippen molar-refractivity contribution >= 4 is 12.0 Å². The van der Waals surface area contributed by atoms with Crippen LogP contribution in [0.5, 0.6) is 5.75 Å². The van der Waals surface area contributed by atoms with Gasteiger partial charge in [-0.3, -0.25) is 0 Å². The summed E-state index contributed by atoms with van der Waals surface area (Å²) in [6, 6.07) is 2.00. The van der Waals surface area contributed by atoms with E-state index >= 15 is 0 Å². The van der Waals surface area contributed by atoms with Crippen molar-refractivity contribution in [3.63, 3.8) is 0 Å². The van der Waals surface area contributed by atoms with Gasteiger partial charge in [0.05, 0.1) is 6.61 Å². The van der Waals surface area contributed by atoms with Crippen LogP contribution in [0.2, 0.25) is 0 Å². The lowest BCUT2D eigenvalue weighted by molar-refractivity contribution is -0.131. The van der Waals surface area contributed by atoms with E-state index in [9.17, 15) is 13.6 Å². The molecule has 0 unspecified atom stereocenters. The van der Waals surface area contributed by atoms with Gasteiger partial charge in [0, 0.05) is 12.5 Å². The summed E-state index contributed by atoms with van der Waals surface area (Å²) in [7, 11) is 0. The van der Waals surface area contributed by atoms with Gasteiger partial charge in [-0.1, -0.05) is 0 Å². The molecule has 0 radical (unpaired) electrons. The molecule has 19 heavy (non-hydrogen) atoms. The molecule has 0 heterocycles. The normalized spacial score (nSPS) is 10.4. The van der Waals surface area contributed by atoms with Crippen molar-refractivity contribution in [1.29, 1.82) is 0 Å². The maximum Gasteiger partial charge on any atom is 0.328 e. The number of ether oxygens (including phenoxy) is 1. The molecule has 5 heteroatoms. The number of terminal acetylenes is 1. The van der Waals surface area contributed by atoms with Crippen LogP contribution in [0.15, 0.2) is 18.2 Å². The first-order valence-electron chi connectivity index (χ1n) is 5.51. The zero-order chi connectivity index (χ0) is 14.3. The molecule has 0 aliphatic rings. The van der Waals surface area contributed by atoms with E-state index in [1.807, 2.05) is 0 Å². The molecule has 1 rings (SSSR count). The van der Waals surface area contributed by atoms with Crippen LogP contribution < -0.4 is 4.74 Å². The minimum absolute atomic E-state index is 0.105. The number of unbranched alkanes of at least 4 members (excludes halogenated alkanes) is 1. The Bertz CT molecular complexity index is 507. The molecule has 0 aliphatic carbocycles. The quantitative estimate of drug-likeness (QED) is 0.489. The number of carboxylic acids is 1. The Balaban J connectivity index is 2.80. The highest BCUT2D eigenvalue weighted by Gasteiger charge is 2.11. The highest BCUT2D eigenvalue weighted by atomic mass is 19.1. The molecule has 0 aliphatic heterocycles. The van der Waals surface area contributed by atoms with Crippen LogP contribution in [-0.2, 0) is 4.79 Å². The van der Waals surface area contributed by atoms with Gasteiger partial charge in [0.15, 0.2) is 17.4 Å². The Labute approximate surface area is 109 Å². The van der Waals surface area contributed by atoms with Gasteiger partial charge in [-0.15, -0.1) is 12.3 Å². The molecule has 0 spiro atoms. The van der Waals surface area contributed by atoms with E-state index in [0.717, 1.165) is 24.3 Å². The number of halogens is 2. The van der Waals surface area contributed by atoms with E-state index in [1.165, 1.54) is 0 Å². The topological polar surface area (TPSA) is 46.5 Å². The van der Waals surface area contributed by atoms with E-state index in [0.29, 0.717) is 12.8 Å². The van der Waals surface area contributed by atoms with E-state index in [1.54, 1.807) is 0 Å². The van der Waals surface area contributed by atoms with Crippen molar-refractivity contribution in [3.8, 4) is 18.1 Å². The van der Waals surface area contributed by atoms with Crippen molar-refractivity contribution in [1.82, 2.24) is 0 Å². The van der Waals surface area contributed by atoms with Gasteiger partial charge in [-0.2, -0.15) is 0 Å². The van der Waals surface area contributed by atoms with Crippen LogP contribution in [0.3, 0.4) is 0 Å². The summed E-state index contributed by atoms with van der Waals surface area (Å²) in [5.74, 6) is -1.06. The molecular weight excluding hydrogens is 254 g/mol. The van der Waals surface area contributed by atoms with Gasteiger partial charge in [-0.05, 0) is 30.2 Å². The van der Waals surface area contributed by atoms with Crippen molar-refractivity contribution in [2.75, 3.05) is 6.61 Å². The molecule has 0 saturated heterocycles. The summed E-state index contributed by atoms with van der Waals surface area (Å²) in [4.78, 5) is 10.3. The summed E-state index contributed by atoms with van der Waals surface area (Å²) in [5, 5.41) is 8.42. The van der Waals surface area contributed by atoms with Crippen LogP contribution >= 0.6 is 0 Å². The highest BCUT2D eigenvalue weighted by Crippen LogP contribution is 2.24. The first kappa shape index (κ1) is 14.7. The van der Waals surface area contributed by atoms with E-state index < -0.39 is 23.4 Å². The molecule has 1 N–H and O–H groups in total. The second kappa shape index (κ2) is 7.17. The average Bonchev–Trinajstić information content (AvgIpc) is 2.34. The lowest BCUT2D eigenvalue weighted by Gasteiger charge is -2.08. The standard InChI is InChI=1S/C14H12F2O3/c1-2-3-4-7-19-14-11(15)8-10(9-12(14)16)5-6-13(17)18/h1,5-6,8-9H,3-4,7H2,(H,17,18)/b6-5+. The van der Waals surface area contributed by atoms with E-state index in [2.05, 4.69) is 5.92 Å². The van der Waals surface area contributed by atoms with Crippen LogP contribution in [0, 0.1) is 24.0 Å². The summed E-state index contributed by atoms with van der Waals surface area (Å²) >= 11 is 0. The van der Waals surface area contributed by atoms with E-state index in [-0.39, 0.29) is 12.2 Å². The molecule has 0 fully saturated rings. The van der Waals surface area contributed by atoms with Gasteiger partial charge < -0.3 is 9.84 Å². The minimum Gasteiger partial charge on any atom is -0.488 e. The van der Waals surface area contributed by atoms with Crippen LogP contribution in [0.4, 0.5) is 8.78 Å². The summed E-state index contributed by atoms with van der Waals surface area (Å²) in [5.41, 5.74) is 0.105. The van der Waals surface area contributed by atoms with Gasteiger partial charge >= 0.3 is 5.97 Å². The predicted molar refractivity (Wildman–Crippen MR) is 66.6 cm³/mol. The number of carboxylic acid groups (broad SMARTS) is 1. The van der Waals surface area contributed by atoms with Gasteiger partial charge in [0.1, 0.15) is 0 Å². The molecule has 100 valence electrons. The molecule has 1 aromatic carbocycles. The molecule has 0 saturated carbocycles. The fraction of sp³-hybridized carbons (Fsp3) is 0.214. The third kappa shape index (κ3) is 4.80. The zero-order valence-corrected chi connectivity index (χ0v) is 10.0. The Morgan fingerprint density at radius 1 is 1.42 bits per heavy atom. The van der Waals surface area contributed by atoms with E-state index in [4.69, 9.17) is 16.3 Å². The highest BCUT2D eigenvalue weighted by molar-refractivity contribution is 5.85.